The van der Waals surface area contributed by atoms with Crippen LogP contribution in [-0.4, -0.2) is 38.0 Å². The summed E-state index contributed by atoms with van der Waals surface area (Å²) in [6.45, 7) is 11.1. The Morgan fingerprint density at radius 3 is 2.45 bits per heavy atom. The predicted octanol–water partition coefficient (Wildman–Crippen LogP) is 1.86. The molecule has 1 aromatic carbocycles. The van der Waals surface area contributed by atoms with Gasteiger partial charge in [0.05, 0.1) is 14.2 Å². The normalized spacial score (nSPS) is 26.9. The van der Waals surface area contributed by atoms with Crippen molar-refractivity contribution in [2.75, 3.05) is 13.2 Å². The van der Waals surface area contributed by atoms with Crippen LogP contribution in [0.1, 0.15) is 18.9 Å². The first-order valence-electron chi connectivity index (χ1n) is 7.45. The van der Waals surface area contributed by atoms with Gasteiger partial charge in [0.15, 0.2) is 0 Å². The molecule has 2 atom stereocenters. The van der Waals surface area contributed by atoms with Gasteiger partial charge in [0, 0.05) is 26.1 Å². The van der Waals surface area contributed by atoms with Crippen molar-refractivity contribution in [1.29, 1.82) is 0 Å². The fraction of sp³-hybridized carbons (Fsp3) is 0.625. The van der Waals surface area contributed by atoms with Gasteiger partial charge in [-0.2, -0.15) is 0 Å². The van der Waals surface area contributed by atoms with E-state index in [2.05, 4.69) is 49.2 Å². The van der Waals surface area contributed by atoms with Crippen LogP contribution in [0.4, 0.5) is 0 Å². The molecule has 0 aromatic heterocycles. The summed E-state index contributed by atoms with van der Waals surface area (Å²) in [6, 6.07) is 8.89. The molecule has 3 nitrogen and oxygen atoms in total. The van der Waals surface area contributed by atoms with E-state index in [0.29, 0.717) is 13.2 Å². The van der Waals surface area contributed by atoms with Gasteiger partial charge >= 0.3 is 0 Å². The van der Waals surface area contributed by atoms with Crippen LogP contribution in [0.3, 0.4) is 0 Å². The third-order valence-corrected chi connectivity index (χ3v) is 6.31. The van der Waals surface area contributed by atoms with E-state index in [4.69, 9.17) is 4.74 Å². The van der Waals surface area contributed by atoms with Crippen LogP contribution in [-0.2, 0) is 11.3 Å². The van der Waals surface area contributed by atoms with Crippen molar-refractivity contribution < 1.29 is 9.84 Å². The van der Waals surface area contributed by atoms with E-state index < -0.39 is 13.7 Å². The standard InChI is InChI=1S/C16H27NO2Si/c1-13-16(18,9-10-19-13)12-17-11-14-5-7-15(8-6-14)20(2,3)4/h5-8,13,17-18H,9-12H2,1-4H3. The van der Waals surface area contributed by atoms with Crippen LogP contribution in [0.25, 0.3) is 0 Å². The maximum absolute atomic E-state index is 10.4. The van der Waals surface area contributed by atoms with Crippen molar-refractivity contribution >= 4 is 13.3 Å². The van der Waals surface area contributed by atoms with Gasteiger partial charge in [0.1, 0.15) is 5.60 Å². The van der Waals surface area contributed by atoms with Crippen LogP contribution < -0.4 is 10.5 Å². The minimum atomic E-state index is -1.21. The van der Waals surface area contributed by atoms with Crippen molar-refractivity contribution in [2.45, 2.75) is 51.2 Å². The Bertz CT molecular complexity index is 441. The quantitative estimate of drug-likeness (QED) is 0.814. The smallest absolute Gasteiger partial charge is 0.105 e. The summed E-state index contributed by atoms with van der Waals surface area (Å²) < 4.78 is 5.44. The van der Waals surface area contributed by atoms with E-state index in [1.165, 1.54) is 10.8 Å². The van der Waals surface area contributed by atoms with Crippen LogP contribution in [0, 0.1) is 0 Å². The average molecular weight is 293 g/mol. The molecule has 0 spiro atoms. The number of hydrogen-bond acceptors (Lipinski definition) is 3. The third-order valence-electron chi connectivity index (χ3n) is 4.24. The number of hydrogen-bond donors (Lipinski definition) is 2. The molecule has 0 bridgehead atoms. The van der Waals surface area contributed by atoms with Gasteiger partial charge in [0.2, 0.25) is 0 Å². The average Bonchev–Trinajstić information content (AvgIpc) is 2.69. The fourth-order valence-corrected chi connectivity index (χ4v) is 3.72. The molecule has 1 aliphatic heterocycles. The fourth-order valence-electron chi connectivity index (χ4n) is 2.55. The summed E-state index contributed by atoms with van der Waals surface area (Å²) in [7, 11) is -1.21. The van der Waals surface area contributed by atoms with Gasteiger partial charge in [-0.1, -0.05) is 49.1 Å². The van der Waals surface area contributed by atoms with E-state index >= 15 is 0 Å². The second-order valence-electron chi connectivity index (χ2n) is 6.92. The highest BCUT2D eigenvalue weighted by atomic mass is 28.3. The van der Waals surface area contributed by atoms with Gasteiger partial charge in [0.25, 0.3) is 0 Å². The molecule has 1 heterocycles. The van der Waals surface area contributed by atoms with Crippen LogP contribution in [0.15, 0.2) is 24.3 Å². The molecule has 0 aliphatic carbocycles. The molecule has 1 aliphatic rings. The third kappa shape index (κ3) is 3.70. The molecule has 1 aromatic rings. The lowest BCUT2D eigenvalue weighted by Crippen LogP contribution is -2.45. The van der Waals surface area contributed by atoms with E-state index in [-0.39, 0.29) is 6.10 Å². The lowest BCUT2D eigenvalue weighted by Gasteiger charge is -2.26. The zero-order valence-corrected chi connectivity index (χ0v) is 14.1. The molecule has 112 valence electrons. The highest BCUT2D eigenvalue weighted by molar-refractivity contribution is 6.88. The molecule has 1 saturated heterocycles. The van der Waals surface area contributed by atoms with Gasteiger partial charge in [-0.15, -0.1) is 0 Å². The van der Waals surface area contributed by atoms with E-state index in [0.717, 1.165) is 13.0 Å². The first-order chi connectivity index (χ1) is 9.31. The maximum atomic E-state index is 10.4. The lowest BCUT2D eigenvalue weighted by molar-refractivity contribution is -0.0262. The van der Waals surface area contributed by atoms with Gasteiger partial charge in [-0.3, -0.25) is 0 Å². The topological polar surface area (TPSA) is 41.5 Å². The number of rotatable bonds is 5. The highest BCUT2D eigenvalue weighted by Crippen LogP contribution is 2.24. The number of nitrogens with one attached hydrogen (secondary N) is 1. The predicted molar refractivity (Wildman–Crippen MR) is 86.1 cm³/mol. The van der Waals surface area contributed by atoms with Crippen molar-refractivity contribution in [1.82, 2.24) is 5.32 Å². The van der Waals surface area contributed by atoms with E-state index in [9.17, 15) is 5.11 Å². The number of benzene rings is 1. The summed E-state index contributed by atoms with van der Waals surface area (Å²) in [4.78, 5) is 0. The van der Waals surface area contributed by atoms with Crippen molar-refractivity contribution in [3.05, 3.63) is 29.8 Å². The zero-order valence-electron chi connectivity index (χ0n) is 13.1. The minimum Gasteiger partial charge on any atom is -0.386 e. The van der Waals surface area contributed by atoms with Gasteiger partial charge in [-0.25, -0.2) is 0 Å². The highest BCUT2D eigenvalue weighted by Gasteiger charge is 2.38. The minimum absolute atomic E-state index is 0.0794. The molecular formula is C16H27NO2Si. The molecule has 0 radical (unpaired) electrons. The summed E-state index contributed by atoms with van der Waals surface area (Å²) in [5.74, 6) is 0. The summed E-state index contributed by atoms with van der Waals surface area (Å²) in [5.41, 5.74) is 0.556. The van der Waals surface area contributed by atoms with E-state index in [1.54, 1.807) is 0 Å². The Kier molecular flexibility index (Phi) is 4.69. The first-order valence-corrected chi connectivity index (χ1v) is 11.0. The molecule has 4 heteroatoms. The Hall–Kier alpha value is -0.683. The molecule has 1 fully saturated rings. The monoisotopic (exact) mass is 293 g/mol. The lowest BCUT2D eigenvalue weighted by atomic mass is 9.96. The molecular weight excluding hydrogens is 266 g/mol. The zero-order chi connectivity index (χ0) is 14.8. The van der Waals surface area contributed by atoms with Crippen LogP contribution in [0.2, 0.25) is 19.6 Å². The second-order valence-corrected chi connectivity index (χ2v) is 12.0. The number of ether oxygens (including phenoxy) is 1. The van der Waals surface area contributed by atoms with E-state index in [1.807, 2.05) is 6.92 Å². The maximum Gasteiger partial charge on any atom is 0.105 e. The molecule has 0 saturated carbocycles. The van der Waals surface area contributed by atoms with Gasteiger partial charge in [-0.05, 0) is 12.5 Å². The summed E-state index contributed by atoms with van der Waals surface area (Å²) in [5, 5.41) is 15.2. The molecule has 2 N–H and O–H groups in total. The van der Waals surface area contributed by atoms with Crippen LogP contribution >= 0.6 is 0 Å². The Morgan fingerprint density at radius 1 is 1.30 bits per heavy atom. The number of aliphatic hydroxyl groups is 1. The first kappa shape index (κ1) is 15.7. The Morgan fingerprint density at radius 2 is 1.95 bits per heavy atom. The molecule has 2 rings (SSSR count). The summed E-state index contributed by atoms with van der Waals surface area (Å²) >= 11 is 0. The Balaban J connectivity index is 1.86. The van der Waals surface area contributed by atoms with Crippen molar-refractivity contribution in [3.63, 3.8) is 0 Å². The molecule has 0 amide bonds. The van der Waals surface area contributed by atoms with Gasteiger partial charge < -0.3 is 15.2 Å². The molecule has 20 heavy (non-hydrogen) atoms. The van der Waals surface area contributed by atoms with Crippen molar-refractivity contribution in [2.24, 2.45) is 0 Å². The second kappa shape index (κ2) is 5.98. The molecule has 2 unspecified atom stereocenters. The Labute approximate surface area is 123 Å². The van der Waals surface area contributed by atoms with Crippen molar-refractivity contribution in [3.8, 4) is 0 Å². The SMILES string of the molecule is CC1OCCC1(O)CNCc1ccc([Si](C)(C)C)cc1. The largest absolute Gasteiger partial charge is 0.386 e. The van der Waals surface area contributed by atoms with Crippen LogP contribution in [0.5, 0.6) is 0 Å². The summed E-state index contributed by atoms with van der Waals surface area (Å²) in [6.07, 6.45) is 0.639.